The van der Waals surface area contributed by atoms with Crippen LogP contribution in [0.5, 0.6) is 0 Å². The van der Waals surface area contributed by atoms with E-state index in [1.807, 2.05) is 19.1 Å². The van der Waals surface area contributed by atoms with E-state index >= 15 is 0 Å². The molecule has 0 aromatic heterocycles. The summed E-state index contributed by atoms with van der Waals surface area (Å²) in [7, 11) is 0. The number of halogens is 1. The lowest BCUT2D eigenvalue weighted by molar-refractivity contribution is -0.137. The minimum atomic E-state index is -1.74. The fourth-order valence-corrected chi connectivity index (χ4v) is 3.59. The number of hydrogen-bond donors (Lipinski definition) is 1. The van der Waals surface area contributed by atoms with Gasteiger partial charge in [0.1, 0.15) is 17.1 Å². The highest BCUT2D eigenvalue weighted by molar-refractivity contribution is 6.45. The summed E-state index contributed by atoms with van der Waals surface area (Å²) in [5, 5.41) is 10.6. The lowest BCUT2D eigenvalue weighted by Crippen LogP contribution is -2.48. The number of carbonyl (C=O) groups excluding carboxylic acids is 2. The molecule has 146 valence electrons. The molecule has 2 rings (SSSR count). The summed E-state index contributed by atoms with van der Waals surface area (Å²) < 4.78 is 5.68. The van der Waals surface area contributed by atoms with E-state index in [-0.39, 0.29) is 17.2 Å². The van der Waals surface area contributed by atoms with Crippen molar-refractivity contribution in [1.82, 2.24) is 0 Å². The second kappa shape index (κ2) is 8.41. The average Bonchev–Trinajstić information content (AvgIpc) is 2.61. The first-order valence-corrected chi connectivity index (χ1v) is 9.57. The zero-order valence-corrected chi connectivity index (χ0v) is 17.3. The van der Waals surface area contributed by atoms with Crippen molar-refractivity contribution >= 4 is 23.2 Å². The maximum absolute atomic E-state index is 12.5. The normalized spacial score (nSPS) is 27.1. The van der Waals surface area contributed by atoms with Crippen LogP contribution in [-0.2, 0) is 14.3 Å². The van der Waals surface area contributed by atoms with Gasteiger partial charge in [-0.25, -0.2) is 0 Å². The van der Waals surface area contributed by atoms with E-state index in [1.165, 1.54) is 20.1 Å². The zero-order chi connectivity index (χ0) is 20.4. The van der Waals surface area contributed by atoms with Crippen molar-refractivity contribution in [3.05, 3.63) is 58.1 Å². The molecule has 0 bridgehead atoms. The van der Waals surface area contributed by atoms with Crippen molar-refractivity contribution in [3.63, 3.8) is 0 Å². The SMILES string of the molecule is CC[C@@H](C)/C=C(C)/C=C/C1=CC2=C(Cl)C(=O)[C@@](C)(O)[C@H](CC(C)=O)C2=CO1. The Morgan fingerprint density at radius 2 is 2.11 bits per heavy atom. The summed E-state index contributed by atoms with van der Waals surface area (Å²) in [4.78, 5) is 24.2. The molecular formula is C22H27ClO4. The maximum Gasteiger partial charge on any atom is 0.206 e. The topological polar surface area (TPSA) is 63.6 Å². The quantitative estimate of drug-likeness (QED) is 0.664. The van der Waals surface area contributed by atoms with Gasteiger partial charge < -0.3 is 14.6 Å². The smallest absolute Gasteiger partial charge is 0.206 e. The van der Waals surface area contributed by atoms with Crippen LogP contribution < -0.4 is 0 Å². The van der Waals surface area contributed by atoms with Gasteiger partial charge in [0.25, 0.3) is 0 Å². The minimum Gasteiger partial charge on any atom is -0.465 e. The number of ketones is 2. The van der Waals surface area contributed by atoms with Crippen LogP contribution in [0, 0.1) is 11.8 Å². The van der Waals surface area contributed by atoms with Gasteiger partial charge in [0.05, 0.1) is 11.3 Å². The Morgan fingerprint density at radius 3 is 2.70 bits per heavy atom. The van der Waals surface area contributed by atoms with Gasteiger partial charge in [-0.05, 0) is 38.8 Å². The molecule has 1 aliphatic heterocycles. The van der Waals surface area contributed by atoms with Crippen molar-refractivity contribution in [2.24, 2.45) is 11.8 Å². The molecule has 0 radical (unpaired) electrons. The molecule has 0 aromatic rings. The Hall–Kier alpha value is -1.91. The van der Waals surface area contributed by atoms with Crippen molar-refractivity contribution < 1.29 is 19.4 Å². The van der Waals surface area contributed by atoms with E-state index in [0.29, 0.717) is 22.8 Å². The van der Waals surface area contributed by atoms with Crippen LogP contribution in [0.15, 0.2) is 58.1 Å². The molecule has 0 fully saturated rings. The van der Waals surface area contributed by atoms with Gasteiger partial charge in [-0.2, -0.15) is 0 Å². The fraction of sp³-hybridized carbons (Fsp3) is 0.455. The van der Waals surface area contributed by atoms with E-state index in [2.05, 4.69) is 19.9 Å². The molecular weight excluding hydrogens is 364 g/mol. The van der Waals surface area contributed by atoms with Crippen LogP contribution in [0.3, 0.4) is 0 Å². The highest BCUT2D eigenvalue weighted by Crippen LogP contribution is 2.44. The van der Waals surface area contributed by atoms with Crippen LogP contribution in [0.2, 0.25) is 0 Å². The second-order valence-electron chi connectivity index (χ2n) is 7.53. The Balaban J connectivity index is 2.36. The molecule has 0 amide bonds. The Labute approximate surface area is 165 Å². The third kappa shape index (κ3) is 4.69. The summed E-state index contributed by atoms with van der Waals surface area (Å²) >= 11 is 6.25. The maximum atomic E-state index is 12.5. The minimum absolute atomic E-state index is 0.0351. The van der Waals surface area contributed by atoms with E-state index in [0.717, 1.165) is 12.0 Å². The van der Waals surface area contributed by atoms with Crippen molar-refractivity contribution in [1.29, 1.82) is 0 Å². The second-order valence-corrected chi connectivity index (χ2v) is 7.91. The Morgan fingerprint density at radius 1 is 1.44 bits per heavy atom. The predicted octanol–water partition coefficient (Wildman–Crippen LogP) is 4.75. The number of allylic oxidation sites excluding steroid dienone is 6. The van der Waals surface area contributed by atoms with Gasteiger partial charge >= 0.3 is 0 Å². The Bertz CT molecular complexity index is 793. The van der Waals surface area contributed by atoms with Crippen LogP contribution in [-0.4, -0.2) is 22.3 Å². The molecule has 1 N–H and O–H groups in total. The molecule has 0 saturated heterocycles. The average molecular weight is 391 g/mol. The summed E-state index contributed by atoms with van der Waals surface area (Å²) in [6.07, 6.45) is 10.2. The van der Waals surface area contributed by atoms with Gasteiger partial charge in [0.2, 0.25) is 5.78 Å². The molecule has 0 spiro atoms. The van der Waals surface area contributed by atoms with Crippen molar-refractivity contribution in [2.75, 3.05) is 0 Å². The predicted molar refractivity (Wildman–Crippen MR) is 107 cm³/mol. The molecule has 0 aromatic carbocycles. The third-order valence-corrected chi connectivity index (χ3v) is 5.44. The molecule has 4 nitrogen and oxygen atoms in total. The lowest BCUT2D eigenvalue weighted by Gasteiger charge is -2.38. The van der Waals surface area contributed by atoms with Crippen LogP contribution in [0.4, 0.5) is 0 Å². The van der Waals surface area contributed by atoms with Gasteiger partial charge in [0, 0.05) is 23.5 Å². The first kappa shape index (κ1) is 21.4. The number of rotatable bonds is 6. The fourth-order valence-electron chi connectivity index (χ4n) is 3.24. The number of fused-ring (bicyclic) bond motifs is 1. The van der Waals surface area contributed by atoms with Gasteiger partial charge in [-0.3, -0.25) is 4.79 Å². The number of carbonyl (C=O) groups is 2. The number of hydrogen-bond acceptors (Lipinski definition) is 4. The van der Waals surface area contributed by atoms with E-state index in [4.69, 9.17) is 16.3 Å². The summed E-state index contributed by atoms with van der Waals surface area (Å²) in [5.41, 5.74) is 0.455. The first-order valence-electron chi connectivity index (χ1n) is 9.19. The lowest BCUT2D eigenvalue weighted by atomic mass is 9.70. The van der Waals surface area contributed by atoms with Gasteiger partial charge in [0.15, 0.2) is 0 Å². The highest BCUT2D eigenvalue weighted by atomic mass is 35.5. The first-order chi connectivity index (χ1) is 12.6. The third-order valence-electron chi connectivity index (χ3n) is 5.06. The molecule has 5 heteroatoms. The molecule has 1 aliphatic carbocycles. The summed E-state index contributed by atoms with van der Waals surface area (Å²) in [6, 6.07) is 0. The molecule has 0 saturated carbocycles. The van der Waals surface area contributed by atoms with Crippen molar-refractivity contribution in [3.8, 4) is 0 Å². The Kier molecular flexibility index (Phi) is 6.66. The van der Waals surface area contributed by atoms with Gasteiger partial charge in [-0.15, -0.1) is 0 Å². The molecule has 3 atom stereocenters. The van der Waals surface area contributed by atoms with E-state index in [1.54, 1.807) is 6.08 Å². The zero-order valence-electron chi connectivity index (χ0n) is 16.5. The van der Waals surface area contributed by atoms with Crippen molar-refractivity contribution in [2.45, 2.75) is 53.1 Å². The standard InChI is InChI=1S/C22H27ClO4/c1-6-13(2)9-14(3)7-8-16-11-17-18(12-27-16)19(10-15(4)24)22(5,26)21(25)20(17)23/h7-9,11-13,19,26H,6,10H2,1-5H3/b8-7+,14-9+/t13-,19-,22+/m1/s1. The number of Topliss-reactive ketones (excluding diaryl/α,β-unsaturated/α-hetero) is 2. The van der Waals surface area contributed by atoms with Crippen LogP contribution in [0.25, 0.3) is 0 Å². The molecule has 27 heavy (non-hydrogen) atoms. The summed E-state index contributed by atoms with van der Waals surface area (Å²) in [6.45, 7) is 9.13. The molecule has 2 aliphatic rings. The van der Waals surface area contributed by atoms with E-state index < -0.39 is 17.3 Å². The van der Waals surface area contributed by atoms with E-state index in [9.17, 15) is 14.7 Å². The van der Waals surface area contributed by atoms with Gasteiger partial charge in [-0.1, -0.05) is 49.6 Å². The highest BCUT2D eigenvalue weighted by Gasteiger charge is 2.48. The molecule has 1 heterocycles. The largest absolute Gasteiger partial charge is 0.465 e. The number of aliphatic hydroxyl groups is 1. The molecule has 0 unspecified atom stereocenters. The van der Waals surface area contributed by atoms with Crippen LogP contribution in [0.1, 0.15) is 47.5 Å². The monoisotopic (exact) mass is 390 g/mol. The number of ether oxygens (including phenoxy) is 1. The van der Waals surface area contributed by atoms with Crippen LogP contribution >= 0.6 is 11.6 Å². The summed E-state index contributed by atoms with van der Waals surface area (Å²) in [5.74, 6) is -0.345.